The fourth-order valence-corrected chi connectivity index (χ4v) is 3.92. The molecule has 0 amide bonds. The zero-order chi connectivity index (χ0) is 19.1. The predicted molar refractivity (Wildman–Crippen MR) is 116 cm³/mol. The Bertz CT molecular complexity index is 1260. The standard InChI is InChI=1S/C20H14ClIN2O3/c1-2-27-20(26)24-17(25)10-14(11-4-3-5-13(22)8-11)18-19(24)15-9-12(21)6-7-16(15)23-18/h3-10,23H,2H2,1H3. The third-order valence-corrected chi connectivity index (χ3v) is 5.21. The number of aromatic amines is 1. The summed E-state index contributed by atoms with van der Waals surface area (Å²) < 4.78 is 7.22. The second-order valence-corrected chi connectivity index (χ2v) is 7.66. The van der Waals surface area contributed by atoms with E-state index in [1.807, 2.05) is 30.3 Å². The van der Waals surface area contributed by atoms with Crippen LogP contribution in [0.5, 0.6) is 0 Å². The van der Waals surface area contributed by atoms with Crippen LogP contribution in [0.15, 0.2) is 53.3 Å². The quantitative estimate of drug-likeness (QED) is 0.381. The average Bonchev–Trinajstić information content (AvgIpc) is 2.99. The maximum Gasteiger partial charge on any atom is 0.421 e. The van der Waals surface area contributed by atoms with Crippen LogP contribution in [0.2, 0.25) is 5.02 Å². The molecule has 4 rings (SSSR count). The number of hydrogen-bond acceptors (Lipinski definition) is 3. The van der Waals surface area contributed by atoms with Crippen LogP contribution < -0.4 is 5.56 Å². The van der Waals surface area contributed by atoms with Crippen molar-refractivity contribution >= 4 is 62.2 Å². The number of nitrogens with zero attached hydrogens (tertiary/aromatic N) is 1. The highest BCUT2D eigenvalue weighted by Gasteiger charge is 2.20. The van der Waals surface area contributed by atoms with Gasteiger partial charge >= 0.3 is 6.09 Å². The molecule has 0 radical (unpaired) electrons. The van der Waals surface area contributed by atoms with Crippen molar-refractivity contribution in [3.8, 4) is 11.1 Å². The number of hydrogen-bond donors (Lipinski definition) is 1. The first-order valence-corrected chi connectivity index (χ1v) is 9.75. The zero-order valence-corrected chi connectivity index (χ0v) is 17.2. The van der Waals surface area contributed by atoms with E-state index >= 15 is 0 Å². The number of pyridine rings is 1. The normalized spacial score (nSPS) is 11.2. The molecule has 0 fully saturated rings. The van der Waals surface area contributed by atoms with Gasteiger partial charge in [0.25, 0.3) is 5.56 Å². The lowest BCUT2D eigenvalue weighted by atomic mass is 10.0. The summed E-state index contributed by atoms with van der Waals surface area (Å²) in [5.74, 6) is 0. The highest BCUT2D eigenvalue weighted by atomic mass is 127. The highest BCUT2D eigenvalue weighted by molar-refractivity contribution is 14.1. The smallest absolute Gasteiger partial charge is 0.421 e. The van der Waals surface area contributed by atoms with Crippen molar-refractivity contribution in [2.45, 2.75) is 6.92 Å². The van der Waals surface area contributed by atoms with Crippen molar-refractivity contribution in [3.63, 3.8) is 0 Å². The van der Waals surface area contributed by atoms with Gasteiger partial charge in [0.15, 0.2) is 0 Å². The lowest BCUT2D eigenvalue weighted by Crippen LogP contribution is -2.27. The molecule has 0 aliphatic rings. The van der Waals surface area contributed by atoms with Crippen molar-refractivity contribution < 1.29 is 9.53 Å². The minimum atomic E-state index is -0.706. The molecular weight excluding hydrogens is 479 g/mol. The lowest BCUT2D eigenvalue weighted by Gasteiger charge is -2.10. The minimum absolute atomic E-state index is 0.175. The van der Waals surface area contributed by atoms with Crippen molar-refractivity contribution in [3.05, 3.63) is 67.5 Å². The Kier molecular flexibility index (Phi) is 4.69. The molecule has 0 bridgehead atoms. The molecular formula is C20H14ClIN2O3. The zero-order valence-electron chi connectivity index (χ0n) is 14.3. The van der Waals surface area contributed by atoms with Gasteiger partial charge in [-0.25, -0.2) is 9.36 Å². The van der Waals surface area contributed by atoms with E-state index in [4.69, 9.17) is 16.3 Å². The van der Waals surface area contributed by atoms with Gasteiger partial charge in [-0.15, -0.1) is 0 Å². The van der Waals surface area contributed by atoms with Crippen LogP contribution in [0.25, 0.3) is 33.1 Å². The van der Waals surface area contributed by atoms with Gasteiger partial charge in [-0.3, -0.25) is 4.79 Å². The summed E-state index contributed by atoms with van der Waals surface area (Å²) in [6.45, 7) is 1.88. The number of carbonyl (C=O) groups excluding carboxylic acids is 1. The first-order chi connectivity index (χ1) is 13.0. The topological polar surface area (TPSA) is 64.1 Å². The molecule has 4 aromatic rings. The number of carbonyl (C=O) groups is 1. The molecule has 0 spiro atoms. The summed E-state index contributed by atoms with van der Waals surface area (Å²) in [5, 5.41) is 1.21. The predicted octanol–water partition coefficient (Wildman–Crippen LogP) is 5.41. The summed E-state index contributed by atoms with van der Waals surface area (Å²) in [6, 6.07) is 14.6. The second-order valence-electron chi connectivity index (χ2n) is 5.98. The number of benzene rings is 2. The molecule has 27 heavy (non-hydrogen) atoms. The number of ether oxygens (including phenoxy) is 1. The van der Waals surface area contributed by atoms with E-state index in [1.54, 1.807) is 19.1 Å². The summed E-state index contributed by atoms with van der Waals surface area (Å²) >= 11 is 8.39. The molecule has 2 aromatic carbocycles. The lowest BCUT2D eigenvalue weighted by molar-refractivity contribution is 0.154. The van der Waals surface area contributed by atoms with Gasteiger partial charge in [0.2, 0.25) is 0 Å². The van der Waals surface area contributed by atoms with E-state index in [1.165, 1.54) is 6.07 Å². The van der Waals surface area contributed by atoms with Crippen molar-refractivity contribution in [1.29, 1.82) is 0 Å². The highest BCUT2D eigenvalue weighted by Crippen LogP contribution is 2.33. The summed E-state index contributed by atoms with van der Waals surface area (Å²) in [5.41, 5.74) is 3.09. The Morgan fingerprint density at radius 2 is 2.04 bits per heavy atom. The van der Waals surface area contributed by atoms with Crippen LogP contribution >= 0.6 is 34.2 Å². The Morgan fingerprint density at radius 3 is 2.78 bits per heavy atom. The molecule has 2 aromatic heterocycles. The van der Waals surface area contributed by atoms with Crippen LogP contribution in [-0.4, -0.2) is 22.3 Å². The van der Waals surface area contributed by atoms with Crippen LogP contribution in [-0.2, 0) is 4.74 Å². The monoisotopic (exact) mass is 492 g/mol. The van der Waals surface area contributed by atoms with Crippen molar-refractivity contribution in [2.24, 2.45) is 0 Å². The average molecular weight is 493 g/mol. The maximum atomic E-state index is 12.9. The van der Waals surface area contributed by atoms with E-state index in [-0.39, 0.29) is 6.61 Å². The van der Waals surface area contributed by atoms with Crippen molar-refractivity contribution in [1.82, 2.24) is 9.55 Å². The number of halogens is 2. The van der Waals surface area contributed by atoms with Crippen LogP contribution in [0, 0.1) is 3.57 Å². The second kappa shape index (κ2) is 7.01. The molecule has 0 saturated heterocycles. The van der Waals surface area contributed by atoms with Gasteiger partial charge in [0, 0.05) is 31.1 Å². The van der Waals surface area contributed by atoms with Crippen LogP contribution in [0.3, 0.4) is 0 Å². The summed E-state index contributed by atoms with van der Waals surface area (Å²) in [7, 11) is 0. The van der Waals surface area contributed by atoms with Crippen LogP contribution in [0.4, 0.5) is 4.79 Å². The molecule has 7 heteroatoms. The Hall–Kier alpha value is -2.32. The molecule has 136 valence electrons. The third kappa shape index (κ3) is 3.12. The third-order valence-electron chi connectivity index (χ3n) is 4.30. The minimum Gasteiger partial charge on any atom is -0.449 e. The van der Waals surface area contributed by atoms with E-state index in [2.05, 4.69) is 27.6 Å². The Balaban J connectivity index is 2.17. The SMILES string of the molecule is CCOC(=O)n1c(=O)cc(-c2cccc(I)c2)c2[nH]c3ccc(Cl)cc3c21. The van der Waals surface area contributed by atoms with E-state index < -0.39 is 11.7 Å². The Morgan fingerprint density at radius 1 is 1.22 bits per heavy atom. The maximum absolute atomic E-state index is 12.9. The molecule has 0 aliphatic carbocycles. The van der Waals surface area contributed by atoms with Gasteiger partial charge in [0.05, 0.1) is 17.6 Å². The molecule has 0 saturated carbocycles. The Labute approximate surface area is 173 Å². The van der Waals surface area contributed by atoms with Gasteiger partial charge in [-0.2, -0.15) is 0 Å². The summed E-state index contributed by atoms with van der Waals surface area (Å²) in [4.78, 5) is 28.7. The van der Waals surface area contributed by atoms with Gasteiger partial charge < -0.3 is 9.72 Å². The fourth-order valence-electron chi connectivity index (χ4n) is 3.20. The number of nitrogens with one attached hydrogen (secondary N) is 1. The van der Waals surface area contributed by atoms with E-state index in [0.29, 0.717) is 21.4 Å². The van der Waals surface area contributed by atoms with E-state index in [0.717, 1.165) is 24.8 Å². The number of rotatable bonds is 2. The van der Waals surface area contributed by atoms with Gasteiger partial charge in [-0.05, 0) is 65.4 Å². The molecule has 0 unspecified atom stereocenters. The van der Waals surface area contributed by atoms with Gasteiger partial charge in [0.1, 0.15) is 0 Å². The fraction of sp³-hybridized carbons (Fsp3) is 0.100. The van der Waals surface area contributed by atoms with E-state index in [9.17, 15) is 9.59 Å². The first-order valence-electron chi connectivity index (χ1n) is 8.29. The number of H-pyrrole nitrogens is 1. The summed E-state index contributed by atoms with van der Waals surface area (Å²) in [6.07, 6.45) is -0.706. The first kappa shape index (κ1) is 18.1. The van der Waals surface area contributed by atoms with Crippen LogP contribution in [0.1, 0.15) is 6.92 Å². The molecule has 1 N–H and O–H groups in total. The molecule has 0 atom stereocenters. The molecule has 5 nitrogen and oxygen atoms in total. The largest absolute Gasteiger partial charge is 0.449 e. The molecule has 2 heterocycles. The van der Waals surface area contributed by atoms with Gasteiger partial charge in [-0.1, -0.05) is 23.7 Å². The number of fused-ring (bicyclic) bond motifs is 3. The van der Waals surface area contributed by atoms with Crippen molar-refractivity contribution in [2.75, 3.05) is 6.61 Å². The number of aromatic nitrogens is 2. The molecule has 0 aliphatic heterocycles.